The van der Waals surface area contributed by atoms with E-state index in [-0.39, 0.29) is 0 Å². The predicted octanol–water partition coefficient (Wildman–Crippen LogP) is 3.85. The van der Waals surface area contributed by atoms with Crippen LogP contribution in [0.5, 0.6) is 5.75 Å². The summed E-state index contributed by atoms with van der Waals surface area (Å²) in [5, 5.41) is 13.1. The van der Waals surface area contributed by atoms with Crippen LogP contribution in [-0.2, 0) is 12.8 Å². The first-order chi connectivity index (χ1) is 10.3. The van der Waals surface area contributed by atoms with E-state index in [1.54, 1.807) is 12.1 Å². The molecule has 0 bridgehead atoms. The molecule has 1 aliphatic rings. The van der Waals surface area contributed by atoms with Crippen LogP contribution >= 0.6 is 0 Å². The number of rotatable bonds is 4. The maximum Gasteiger partial charge on any atom is 0.115 e. The van der Waals surface area contributed by atoms with E-state index in [1.165, 1.54) is 29.5 Å². The Bertz CT molecular complexity index is 591. The molecule has 0 amide bonds. The molecule has 0 spiro atoms. The number of hydrogen-bond acceptors (Lipinski definition) is 2. The van der Waals surface area contributed by atoms with Crippen molar-refractivity contribution in [1.29, 1.82) is 0 Å². The van der Waals surface area contributed by atoms with Crippen LogP contribution in [0.4, 0.5) is 0 Å². The van der Waals surface area contributed by atoms with Crippen LogP contribution in [-0.4, -0.2) is 11.7 Å². The van der Waals surface area contributed by atoms with Crippen molar-refractivity contribution in [2.24, 2.45) is 5.92 Å². The van der Waals surface area contributed by atoms with Crippen molar-refractivity contribution < 1.29 is 5.11 Å². The molecule has 2 N–H and O–H groups in total. The third-order valence-corrected chi connectivity index (χ3v) is 4.50. The lowest BCUT2D eigenvalue weighted by Gasteiger charge is -2.34. The predicted molar refractivity (Wildman–Crippen MR) is 86.5 cm³/mol. The topological polar surface area (TPSA) is 32.3 Å². The molecule has 21 heavy (non-hydrogen) atoms. The molecule has 2 unspecified atom stereocenters. The third-order valence-electron chi connectivity index (χ3n) is 4.50. The van der Waals surface area contributed by atoms with E-state index in [0.717, 1.165) is 13.0 Å². The molecule has 2 aromatic carbocycles. The Kier molecular flexibility index (Phi) is 4.26. The minimum Gasteiger partial charge on any atom is -0.508 e. The fraction of sp³-hybridized carbons (Fsp3) is 0.368. The van der Waals surface area contributed by atoms with Crippen LogP contribution in [0.2, 0.25) is 0 Å². The highest BCUT2D eigenvalue weighted by molar-refractivity contribution is 5.34. The van der Waals surface area contributed by atoms with Crippen molar-refractivity contribution in [2.75, 3.05) is 6.54 Å². The molecule has 110 valence electrons. The molecule has 3 rings (SSSR count). The second-order valence-electron chi connectivity index (χ2n) is 5.90. The summed E-state index contributed by atoms with van der Waals surface area (Å²) in [5.41, 5.74) is 4.26. The maximum atomic E-state index is 9.42. The lowest BCUT2D eigenvalue weighted by molar-refractivity contribution is 0.323. The van der Waals surface area contributed by atoms with Gasteiger partial charge in [0.15, 0.2) is 0 Å². The van der Waals surface area contributed by atoms with E-state index in [1.807, 2.05) is 12.1 Å². The highest BCUT2D eigenvalue weighted by Gasteiger charge is 2.28. The highest BCUT2D eigenvalue weighted by atomic mass is 16.3. The second kappa shape index (κ2) is 6.31. The van der Waals surface area contributed by atoms with E-state index in [0.29, 0.717) is 17.7 Å². The fourth-order valence-corrected chi connectivity index (χ4v) is 3.48. The smallest absolute Gasteiger partial charge is 0.115 e. The lowest BCUT2D eigenvalue weighted by Crippen LogP contribution is -2.33. The molecule has 0 heterocycles. The van der Waals surface area contributed by atoms with E-state index in [2.05, 4.69) is 36.5 Å². The van der Waals surface area contributed by atoms with Gasteiger partial charge in [-0.1, -0.05) is 43.3 Å². The van der Waals surface area contributed by atoms with Crippen LogP contribution in [0.15, 0.2) is 48.5 Å². The Hall–Kier alpha value is -1.80. The van der Waals surface area contributed by atoms with Crippen molar-refractivity contribution in [1.82, 2.24) is 5.32 Å². The van der Waals surface area contributed by atoms with E-state index >= 15 is 0 Å². The zero-order chi connectivity index (χ0) is 14.7. The van der Waals surface area contributed by atoms with Crippen LogP contribution in [0, 0.1) is 5.92 Å². The maximum absolute atomic E-state index is 9.42. The zero-order valence-electron chi connectivity index (χ0n) is 12.5. The Morgan fingerprint density at radius 1 is 1.10 bits per heavy atom. The summed E-state index contributed by atoms with van der Waals surface area (Å²) in [4.78, 5) is 0. The van der Waals surface area contributed by atoms with Gasteiger partial charge in [0.1, 0.15) is 5.75 Å². The molecule has 0 saturated heterocycles. The first-order valence-corrected chi connectivity index (χ1v) is 7.87. The van der Waals surface area contributed by atoms with Gasteiger partial charge in [-0.05, 0) is 60.5 Å². The lowest BCUT2D eigenvalue weighted by atomic mass is 9.77. The molecule has 0 fully saturated rings. The molecule has 0 aliphatic heterocycles. The van der Waals surface area contributed by atoms with Crippen molar-refractivity contribution in [3.8, 4) is 5.75 Å². The summed E-state index contributed by atoms with van der Waals surface area (Å²) in [6.07, 6.45) is 3.45. The van der Waals surface area contributed by atoms with E-state index in [9.17, 15) is 5.11 Å². The summed E-state index contributed by atoms with van der Waals surface area (Å²) < 4.78 is 0. The summed E-state index contributed by atoms with van der Waals surface area (Å²) in [5.74, 6) is 0.959. The van der Waals surface area contributed by atoms with Gasteiger partial charge in [0.25, 0.3) is 0 Å². The quantitative estimate of drug-likeness (QED) is 0.892. The number of hydrogen-bond donors (Lipinski definition) is 2. The van der Waals surface area contributed by atoms with Crippen molar-refractivity contribution in [3.05, 3.63) is 65.2 Å². The molecule has 2 aromatic rings. The van der Waals surface area contributed by atoms with Crippen LogP contribution in [0.25, 0.3) is 0 Å². The van der Waals surface area contributed by atoms with E-state index in [4.69, 9.17) is 0 Å². The molecular weight excluding hydrogens is 258 g/mol. The Morgan fingerprint density at radius 2 is 1.86 bits per heavy atom. The van der Waals surface area contributed by atoms with Gasteiger partial charge < -0.3 is 10.4 Å². The summed E-state index contributed by atoms with van der Waals surface area (Å²) in [7, 11) is 0. The normalized spacial score (nSPS) is 21.0. The second-order valence-corrected chi connectivity index (χ2v) is 5.90. The average Bonchev–Trinajstić information content (AvgIpc) is 2.52. The SMILES string of the molecule is CCNC1c2ccccc2CCC1Cc1ccc(O)cc1. The number of nitrogens with one attached hydrogen (secondary N) is 1. The van der Waals surface area contributed by atoms with Gasteiger partial charge in [-0.3, -0.25) is 0 Å². The number of phenols is 1. The first-order valence-electron chi connectivity index (χ1n) is 7.87. The molecule has 0 saturated carbocycles. The van der Waals surface area contributed by atoms with Gasteiger partial charge in [0.05, 0.1) is 0 Å². The molecule has 0 aromatic heterocycles. The minimum atomic E-state index is 0.343. The van der Waals surface area contributed by atoms with Crippen LogP contribution in [0.3, 0.4) is 0 Å². The number of phenolic OH excluding ortho intramolecular Hbond substituents is 1. The zero-order valence-corrected chi connectivity index (χ0v) is 12.5. The molecular formula is C19H23NO. The summed E-state index contributed by atoms with van der Waals surface area (Å²) in [6, 6.07) is 16.9. The molecule has 2 nitrogen and oxygen atoms in total. The Morgan fingerprint density at radius 3 is 2.62 bits per heavy atom. The van der Waals surface area contributed by atoms with Crippen molar-refractivity contribution in [3.63, 3.8) is 0 Å². The number of fused-ring (bicyclic) bond motifs is 1. The largest absolute Gasteiger partial charge is 0.508 e. The van der Waals surface area contributed by atoms with E-state index < -0.39 is 0 Å². The summed E-state index contributed by atoms with van der Waals surface area (Å²) >= 11 is 0. The van der Waals surface area contributed by atoms with Crippen molar-refractivity contribution in [2.45, 2.75) is 32.2 Å². The van der Waals surface area contributed by atoms with Gasteiger partial charge in [-0.15, -0.1) is 0 Å². The summed E-state index contributed by atoms with van der Waals surface area (Å²) in [6.45, 7) is 3.17. The van der Waals surface area contributed by atoms with Gasteiger partial charge in [-0.2, -0.15) is 0 Å². The molecule has 2 atom stereocenters. The minimum absolute atomic E-state index is 0.343. The van der Waals surface area contributed by atoms with Gasteiger partial charge >= 0.3 is 0 Å². The molecule has 0 radical (unpaired) electrons. The van der Waals surface area contributed by atoms with Crippen LogP contribution < -0.4 is 5.32 Å². The number of aryl methyl sites for hydroxylation is 1. The number of aromatic hydroxyl groups is 1. The van der Waals surface area contributed by atoms with Gasteiger partial charge in [0.2, 0.25) is 0 Å². The molecule has 2 heteroatoms. The van der Waals surface area contributed by atoms with Gasteiger partial charge in [-0.25, -0.2) is 0 Å². The van der Waals surface area contributed by atoms with Crippen molar-refractivity contribution >= 4 is 0 Å². The number of benzene rings is 2. The fourth-order valence-electron chi connectivity index (χ4n) is 3.48. The Labute approximate surface area is 126 Å². The highest BCUT2D eigenvalue weighted by Crippen LogP contribution is 2.36. The monoisotopic (exact) mass is 281 g/mol. The Balaban J connectivity index is 1.83. The van der Waals surface area contributed by atoms with Gasteiger partial charge in [0, 0.05) is 6.04 Å². The first kappa shape index (κ1) is 14.2. The standard InChI is InChI=1S/C19H23NO/c1-2-20-19-16(13-14-7-11-17(21)12-8-14)10-9-15-5-3-4-6-18(15)19/h3-8,11-12,16,19-21H,2,9-10,13H2,1H3. The molecule has 1 aliphatic carbocycles. The van der Waals surface area contributed by atoms with Crippen LogP contribution in [0.1, 0.15) is 36.1 Å². The third kappa shape index (κ3) is 3.11. The average molecular weight is 281 g/mol.